The van der Waals surface area contributed by atoms with Crippen molar-refractivity contribution in [3.63, 3.8) is 0 Å². The van der Waals surface area contributed by atoms with Crippen LogP contribution in [0.4, 0.5) is 0 Å². The third-order valence-corrected chi connectivity index (χ3v) is 6.41. The van der Waals surface area contributed by atoms with E-state index in [0.717, 1.165) is 37.2 Å². The van der Waals surface area contributed by atoms with Crippen LogP contribution >= 0.6 is 22.7 Å². The van der Waals surface area contributed by atoms with Gasteiger partial charge in [-0.05, 0) is 62.1 Å². The van der Waals surface area contributed by atoms with Crippen LogP contribution in [0.2, 0.25) is 0 Å². The first-order valence-corrected chi connectivity index (χ1v) is 9.21. The van der Waals surface area contributed by atoms with E-state index in [-0.39, 0.29) is 0 Å². The predicted molar refractivity (Wildman–Crippen MR) is 89.6 cm³/mol. The van der Waals surface area contributed by atoms with Crippen LogP contribution < -0.4 is 0 Å². The first kappa shape index (κ1) is 13.4. The molecule has 0 spiro atoms. The number of rotatable bonds is 0. The topological polar surface area (TPSA) is 13.1 Å². The molecule has 108 valence electrons. The second-order valence-electron chi connectivity index (χ2n) is 5.60. The molecule has 4 heterocycles. The molecule has 0 aliphatic carbocycles. The van der Waals surface area contributed by atoms with Gasteiger partial charge >= 0.3 is 0 Å². The molecule has 0 fully saturated rings. The SMILES string of the molecule is c1cc2oc1CCc1ccc(s1)CCc1ccc(s1)CC2. The summed E-state index contributed by atoms with van der Waals surface area (Å²) in [6, 6.07) is 13.5. The van der Waals surface area contributed by atoms with E-state index in [1.807, 2.05) is 22.7 Å². The standard InChI is InChI=1S/C18H18OS2/c1-2-14-4-6-16-8-10-18(21-16)12-11-17-9-7-15(20-17)5-3-13(1)19-14/h1-2,7-10H,3-6,11-12H2. The van der Waals surface area contributed by atoms with Crippen molar-refractivity contribution in [3.05, 3.63) is 67.4 Å². The first-order chi connectivity index (χ1) is 10.3. The highest BCUT2D eigenvalue weighted by molar-refractivity contribution is 7.12. The van der Waals surface area contributed by atoms with Gasteiger partial charge in [0.15, 0.2) is 0 Å². The van der Waals surface area contributed by atoms with E-state index in [2.05, 4.69) is 36.4 Å². The van der Waals surface area contributed by atoms with E-state index >= 15 is 0 Å². The maximum atomic E-state index is 5.97. The molecule has 21 heavy (non-hydrogen) atoms. The lowest BCUT2D eigenvalue weighted by Gasteiger charge is -1.97. The van der Waals surface area contributed by atoms with Crippen molar-refractivity contribution >= 4 is 22.7 Å². The monoisotopic (exact) mass is 314 g/mol. The highest BCUT2D eigenvalue weighted by Crippen LogP contribution is 2.25. The lowest BCUT2D eigenvalue weighted by molar-refractivity contribution is 0.464. The minimum Gasteiger partial charge on any atom is -0.466 e. The first-order valence-electron chi connectivity index (χ1n) is 7.58. The lowest BCUT2D eigenvalue weighted by Crippen LogP contribution is -1.87. The van der Waals surface area contributed by atoms with Gasteiger partial charge in [-0.2, -0.15) is 0 Å². The van der Waals surface area contributed by atoms with Crippen LogP contribution in [0.25, 0.3) is 0 Å². The highest BCUT2D eigenvalue weighted by Gasteiger charge is 2.08. The van der Waals surface area contributed by atoms with E-state index in [1.54, 1.807) is 0 Å². The third kappa shape index (κ3) is 3.14. The number of thiophene rings is 2. The summed E-state index contributed by atoms with van der Waals surface area (Å²) in [5.74, 6) is 2.25. The van der Waals surface area contributed by atoms with Crippen molar-refractivity contribution < 1.29 is 4.42 Å². The van der Waals surface area contributed by atoms with Gasteiger partial charge in [-0.25, -0.2) is 0 Å². The van der Waals surface area contributed by atoms with Gasteiger partial charge in [-0.3, -0.25) is 0 Å². The predicted octanol–water partition coefficient (Wildman–Crippen LogP) is 5.07. The summed E-state index contributed by atoms with van der Waals surface area (Å²) in [6.07, 6.45) is 6.58. The fourth-order valence-electron chi connectivity index (χ4n) is 2.81. The van der Waals surface area contributed by atoms with E-state index in [0.29, 0.717) is 0 Å². The van der Waals surface area contributed by atoms with Crippen LogP contribution in [0.3, 0.4) is 0 Å². The second-order valence-corrected chi connectivity index (χ2v) is 8.11. The third-order valence-electron chi connectivity index (χ3n) is 4.01. The summed E-state index contributed by atoms with van der Waals surface area (Å²) in [5, 5.41) is 0. The van der Waals surface area contributed by atoms with Crippen LogP contribution in [-0.2, 0) is 38.5 Å². The number of hydrogen-bond donors (Lipinski definition) is 0. The minimum absolute atomic E-state index is 1.02. The smallest absolute Gasteiger partial charge is 0.104 e. The summed E-state index contributed by atoms with van der Waals surface area (Å²) in [7, 11) is 0. The Morgan fingerprint density at radius 3 is 1.33 bits per heavy atom. The normalized spacial score (nSPS) is 15.4. The largest absolute Gasteiger partial charge is 0.466 e. The second kappa shape index (κ2) is 5.82. The van der Waals surface area contributed by atoms with Gasteiger partial charge in [-0.15, -0.1) is 22.7 Å². The average Bonchev–Trinajstić information content (AvgIpc) is 3.21. The van der Waals surface area contributed by atoms with Crippen molar-refractivity contribution in [3.8, 4) is 0 Å². The summed E-state index contributed by atoms with van der Waals surface area (Å²) < 4.78 is 5.97. The van der Waals surface area contributed by atoms with Crippen molar-refractivity contribution in [2.24, 2.45) is 0 Å². The summed E-state index contributed by atoms with van der Waals surface area (Å²) in [4.78, 5) is 5.97. The molecule has 6 bridgehead atoms. The molecule has 0 aromatic carbocycles. The van der Waals surface area contributed by atoms with Crippen molar-refractivity contribution in [1.82, 2.24) is 0 Å². The minimum atomic E-state index is 1.02. The molecule has 4 rings (SSSR count). The zero-order valence-electron chi connectivity index (χ0n) is 11.9. The maximum Gasteiger partial charge on any atom is 0.104 e. The van der Waals surface area contributed by atoms with Gasteiger partial charge in [0.25, 0.3) is 0 Å². The molecular formula is C18H18OS2. The van der Waals surface area contributed by atoms with Gasteiger partial charge in [0.2, 0.25) is 0 Å². The van der Waals surface area contributed by atoms with Crippen LogP contribution in [0.5, 0.6) is 0 Å². The fourth-order valence-corrected chi connectivity index (χ4v) is 4.85. The van der Waals surface area contributed by atoms with Crippen molar-refractivity contribution in [2.75, 3.05) is 0 Å². The molecule has 3 aromatic rings. The molecule has 3 heteroatoms. The molecule has 0 atom stereocenters. The molecular weight excluding hydrogens is 296 g/mol. The molecule has 1 nitrogen and oxygen atoms in total. The van der Waals surface area contributed by atoms with E-state index in [1.165, 1.54) is 32.4 Å². The van der Waals surface area contributed by atoms with E-state index < -0.39 is 0 Å². The lowest BCUT2D eigenvalue weighted by atomic mass is 10.2. The molecule has 0 saturated carbocycles. The fraction of sp³-hybridized carbons (Fsp3) is 0.333. The number of hydrogen-bond acceptors (Lipinski definition) is 3. The van der Waals surface area contributed by atoms with Gasteiger partial charge in [-0.1, -0.05) is 0 Å². The molecule has 1 aliphatic heterocycles. The average molecular weight is 314 g/mol. The van der Waals surface area contributed by atoms with Crippen molar-refractivity contribution in [2.45, 2.75) is 38.5 Å². The number of furan rings is 1. The van der Waals surface area contributed by atoms with E-state index in [9.17, 15) is 0 Å². The van der Waals surface area contributed by atoms with Gasteiger partial charge in [0.05, 0.1) is 0 Å². The Hall–Kier alpha value is -1.32. The molecule has 0 N–H and O–H groups in total. The zero-order valence-corrected chi connectivity index (χ0v) is 13.6. The van der Waals surface area contributed by atoms with Gasteiger partial charge < -0.3 is 4.42 Å². The zero-order chi connectivity index (χ0) is 14.1. The highest BCUT2D eigenvalue weighted by atomic mass is 32.1. The summed E-state index contributed by atoms with van der Waals surface area (Å²) in [5.41, 5.74) is 0. The van der Waals surface area contributed by atoms with Crippen LogP contribution in [0, 0.1) is 0 Å². The number of aryl methyl sites for hydroxylation is 6. The molecule has 3 aromatic heterocycles. The van der Waals surface area contributed by atoms with Crippen LogP contribution in [0.1, 0.15) is 31.0 Å². The Kier molecular flexibility index (Phi) is 3.70. The Labute approximate surface area is 133 Å². The number of fused-ring (bicyclic) bond motifs is 6. The van der Waals surface area contributed by atoms with E-state index in [4.69, 9.17) is 4.42 Å². The molecule has 1 aliphatic rings. The summed E-state index contributed by atoms with van der Waals surface area (Å²) >= 11 is 3.93. The van der Waals surface area contributed by atoms with Crippen LogP contribution in [-0.4, -0.2) is 0 Å². The Morgan fingerprint density at radius 1 is 0.524 bits per heavy atom. The summed E-state index contributed by atoms with van der Waals surface area (Å²) in [6.45, 7) is 0. The maximum absolute atomic E-state index is 5.97. The molecule has 0 radical (unpaired) electrons. The molecule has 0 unspecified atom stereocenters. The Bertz CT molecular complexity index is 576. The quantitative estimate of drug-likeness (QED) is 0.564. The van der Waals surface area contributed by atoms with Gasteiger partial charge in [0, 0.05) is 32.4 Å². The molecule has 0 amide bonds. The van der Waals surface area contributed by atoms with Crippen molar-refractivity contribution in [1.29, 1.82) is 0 Å². The molecule has 0 saturated heterocycles. The van der Waals surface area contributed by atoms with Crippen LogP contribution in [0.15, 0.2) is 40.8 Å². The van der Waals surface area contributed by atoms with Gasteiger partial charge in [0.1, 0.15) is 11.5 Å². The Balaban J connectivity index is 1.62. The Morgan fingerprint density at radius 2 is 0.905 bits per heavy atom.